The first-order valence-corrected chi connectivity index (χ1v) is 13.9. The number of rotatable bonds is 13. The fourth-order valence-electron chi connectivity index (χ4n) is 4.38. The molecule has 9 nitrogen and oxygen atoms in total. The fourth-order valence-corrected chi connectivity index (χ4v) is 4.65. The maximum atomic E-state index is 12.8. The molecule has 0 aliphatic heterocycles. The molecule has 0 radical (unpaired) electrons. The van der Waals surface area contributed by atoms with Crippen LogP contribution in [0.25, 0.3) is 22.0 Å². The number of carboxylic acid groups (broad SMARTS) is 1. The second kappa shape index (κ2) is 13.7. The Kier molecular flexibility index (Phi) is 10.6. The Balaban J connectivity index is 1.72. The number of hydrogen-bond donors (Lipinski definition) is 2. The van der Waals surface area contributed by atoms with Gasteiger partial charge in [-0.15, -0.1) is 0 Å². The van der Waals surface area contributed by atoms with E-state index in [0.717, 1.165) is 32.1 Å². The zero-order valence-corrected chi connectivity index (χ0v) is 24.6. The number of anilines is 1. The number of methoxy groups -OCH3 is 1. The van der Waals surface area contributed by atoms with Crippen molar-refractivity contribution in [2.75, 3.05) is 19.1 Å². The summed E-state index contributed by atoms with van der Waals surface area (Å²) in [6.07, 6.45) is 7.39. The number of esters is 1. The van der Waals surface area contributed by atoms with Gasteiger partial charge in [0.15, 0.2) is 0 Å². The van der Waals surface area contributed by atoms with Gasteiger partial charge in [0, 0.05) is 48.1 Å². The Morgan fingerprint density at radius 2 is 1.65 bits per heavy atom. The lowest BCUT2D eigenvalue weighted by Gasteiger charge is -2.19. The van der Waals surface area contributed by atoms with Gasteiger partial charge in [-0.3, -0.25) is 14.5 Å². The lowest BCUT2D eigenvalue weighted by atomic mass is 10.0. The number of halogens is 1. The first-order valence-electron chi connectivity index (χ1n) is 13.5. The van der Waals surface area contributed by atoms with E-state index in [1.54, 1.807) is 31.4 Å². The molecule has 0 spiro atoms. The number of unbranched alkanes of at least 4 members (excludes halogenated alkanes) is 5. The normalized spacial score (nSPS) is 11.4. The topological polar surface area (TPSA) is 122 Å². The second-order valence-corrected chi connectivity index (χ2v) is 11.2. The van der Waals surface area contributed by atoms with Crippen molar-refractivity contribution in [1.29, 1.82) is 0 Å². The first-order chi connectivity index (χ1) is 18.9. The highest BCUT2D eigenvalue weighted by Crippen LogP contribution is 2.38. The number of ether oxygens (including phenoxy) is 2. The number of aliphatic carboxylic acids is 1. The standard InChI is InChI=1S/C30H38ClN3O6/c1-30(2,3)40-29(38)22-18-32-24-17-23(31)20(16-21(22)24)19-14-15-25(33-28(19)39-5)34(4)26(35)12-10-8-6-7-9-11-13-27(36)37/h14-18,32H,6-13H2,1-5H3,(H,36,37). The van der Waals surface area contributed by atoms with Gasteiger partial charge in [-0.1, -0.05) is 37.3 Å². The summed E-state index contributed by atoms with van der Waals surface area (Å²) in [7, 11) is 3.18. The molecule has 0 aliphatic carbocycles. The Labute approximate surface area is 239 Å². The van der Waals surface area contributed by atoms with Crippen LogP contribution in [0.1, 0.15) is 82.5 Å². The molecule has 216 valence electrons. The number of fused-ring (bicyclic) bond motifs is 1. The van der Waals surface area contributed by atoms with Crippen molar-refractivity contribution in [2.45, 2.75) is 77.7 Å². The molecule has 1 aromatic carbocycles. The lowest BCUT2D eigenvalue weighted by Crippen LogP contribution is -2.26. The summed E-state index contributed by atoms with van der Waals surface area (Å²) in [4.78, 5) is 45.3. The number of amides is 1. The molecule has 10 heteroatoms. The monoisotopic (exact) mass is 571 g/mol. The average molecular weight is 572 g/mol. The molecule has 0 saturated heterocycles. The summed E-state index contributed by atoms with van der Waals surface area (Å²) in [5, 5.41) is 9.80. The van der Waals surface area contributed by atoms with Crippen LogP contribution in [0.15, 0.2) is 30.5 Å². The molecule has 0 saturated carbocycles. The van der Waals surface area contributed by atoms with E-state index in [0.29, 0.717) is 57.2 Å². The van der Waals surface area contributed by atoms with Crippen LogP contribution in [0, 0.1) is 0 Å². The van der Waals surface area contributed by atoms with Crippen molar-refractivity contribution in [3.63, 3.8) is 0 Å². The van der Waals surface area contributed by atoms with Gasteiger partial charge in [0.1, 0.15) is 11.4 Å². The zero-order valence-electron chi connectivity index (χ0n) is 23.8. The molecule has 3 rings (SSSR count). The van der Waals surface area contributed by atoms with Gasteiger partial charge < -0.3 is 19.6 Å². The lowest BCUT2D eigenvalue weighted by molar-refractivity contribution is -0.137. The maximum absolute atomic E-state index is 12.8. The van der Waals surface area contributed by atoms with E-state index >= 15 is 0 Å². The maximum Gasteiger partial charge on any atom is 0.340 e. The molecule has 2 N–H and O–H groups in total. The van der Waals surface area contributed by atoms with Gasteiger partial charge in [0.05, 0.1) is 17.7 Å². The summed E-state index contributed by atoms with van der Waals surface area (Å²) in [6.45, 7) is 5.44. The van der Waals surface area contributed by atoms with Crippen molar-refractivity contribution in [2.24, 2.45) is 0 Å². The molecule has 2 heterocycles. The largest absolute Gasteiger partial charge is 0.481 e. The van der Waals surface area contributed by atoms with E-state index in [4.69, 9.17) is 26.2 Å². The summed E-state index contributed by atoms with van der Waals surface area (Å²) < 4.78 is 11.1. The number of hydrogen-bond acceptors (Lipinski definition) is 6. The molecule has 0 fully saturated rings. The average Bonchev–Trinajstić information content (AvgIpc) is 3.30. The number of pyridine rings is 1. The summed E-state index contributed by atoms with van der Waals surface area (Å²) in [5.74, 6) is -0.501. The van der Waals surface area contributed by atoms with Gasteiger partial charge in [0.2, 0.25) is 11.8 Å². The van der Waals surface area contributed by atoms with E-state index < -0.39 is 17.5 Å². The van der Waals surface area contributed by atoms with Gasteiger partial charge in [0.25, 0.3) is 0 Å². The van der Waals surface area contributed by atoms with E-state index in [9.17, 15) is 14.4 Å². The number of aromatic amines is 1. The highest BCUT2D eigenvalue weighted by Gasteiger charge is 2.23. The molecular formula is C30H38ClN3O6. The van der Waals surface area contributed by atoms with Crippen molar-refractivity contribution in [3.8, 4) is 17.0 Å². The molecule has 0 bridgehead atoms. The number of benzene rings is 1. The number of aromatic nitrogens is 2. The Morgan fingerprint density at radius 3 is 2.27 bits per heavy atom. The van der Waals surface area contributed by atoms with Gasteiger partial charge in [-0.25, -0.2) is 4.79 Å². The van der Waals surface area contributed by atoms with Gasteiger partial charge in [-0.05, 0) is 57.9 Å². The third kappa shape index (κ3) is 8.21. The fraction of sp³-hybridized carbons (Fsp3) is 0.467. The van der Waals surface area contributed by atoms with E-state index in [1.165, 1.54) is 12.0 Å². The third-order valence-electron chi connectivity index (χ3n) is 6.47. The molecule has 0 atom stereocenters. The van der Waals surface area contributed by atoms with Crippen LogP contribution < -0.4 is 9.64 Å². The predicted octanol–water partition coefficient (Wildman–Crippen LogP) is 7.02. The zero-order chi connectivity index (χ0) is 29.4. The number of carboxylic acids is 1. The van der Waals surface area contributed by atoms with Crippen LogP contribution in [-0.4, -0.2) is 52.7 Å². The van der Waals surface area contributed by atoms with Crippen LogP contribution in [0.5, 0.6) is 5.88 Å². The molecule has 3 aromatic rings. The smallest absolute Gasteiger partial charge is 0.340 e. The Hall–Kier alpha value is -3.59. The van der Waals surface area contributed by atoms with E-state index in [-0.39, 0.29) is 12.3 Å². The van der Waals surface area contributed by atoms with Crippen molar-refractivity contribution < 1.29 is 29.0 Å². The van der Waals surface area contributed by atoms with Crippen LogP contribution in [0.2, 0.25) is 5.02 Å². The minimum absolute atomic E-state index is 0.0537. The van der Waals surface area contributed by atoms with Crippen molar-refractivity contribution in [1.82, 2.24) is 9.97 Å². The number of H-pyrrole nitrogens is 1. The Morgan fingerprint density at radius 1 is 1.00 bits per heavy atom. The highest BCUT2D eigenvalue weighted by molar-refractivity contribution is 6.34. The second-order valence-electron chi connectivity index (χ2n) is 10.8. The minimum Gasteiger partial charge on any atom is -0.481 e. The van der Waals surface area contributed by atoms with E-state index in [1.807, 2.05) is 26.8 Å². The SMILES string of the molecule is COc1nc(N(C)C(=O)CCCCCCCCC(=O)O)ccc1-c1cc2c(C(=O)OC(C)(C)C)c[nH]c2cc1Cl. The van der Waals surface area contributed by atoms with Crippen LogP contribution in [0.4, 0.5) is 5.82 Å². The number of nitrogens with one attached hydrogen (secondary N) is 1. The number of carbonyl (C=O) groups is 3. The number of carbonyl (C=O) groups excluding carboxylic acids is 2. The van der Waals surface area contributed by atoms with Crippen molar-refractivity contribution in [3.05, 3.63) is 41.0 Å². The molecule has 40 heavy (non-hydrogen) atoms. The van der Waals surface area contributed by atoms with Gasteiger partial charge in [-0.2, -0.15) is 4.98 Å². The molecule has 0 unspecified atom stereocenters. The Bertz CT molecular complexity index is 1360. The van der Waals surface area contributed by atoms with E-state index in [2.05, 4.69) is 9.97 Å². The predicted molar refractivity (Wildman–Crippen MR) is 156 cm³/mol. The number of nitrogens with zero attached hydrogens (tertiary/aromatic N) is 2. The third-order valence-corrected chi connectivity index (χ3v) is 6.78. The van der Waals surface area contributed by atoms with Crippen LogP contribution in [0.3, 0.4) is 0 Å². The van der Waals surface area contributed by atoms with Crippen LogP contribution >= 0.6 is 11.6 Å². The van der Waals surface area contributed by atoms with Crippen molar-refractivity contribution >= 4 is 46.2 Å². The molecule has 1 amide bonds. The summed E-state index contributed by atoms with van der Waals surface area (Å²) in [5.41, 5.74) is 1.72. The summed E-state index contributed by atoms with van der Waals surface area (Å²) in [6, 6.07) is 7.10. The molecular weight excluding hydrogens is 534 g/mol. The quantitative estimate of drug-likeness (QED) is 0.167. The molecule has 0 aliphatic rings. The molecule has 2 aromatic heterocycles. The van der Waals surface area contributed by atoms with Crippen LogP contribution in [-0.2, 0) is 14.3 Å². The first kappa shape index (κ1) is 30.9. The minimum atomic E-state index is -0.760. The van der Waals surface area contributed by atoms with Gasteiger partial charge >= 0.3 is 11.9 Å². The summed E-state index contributed by atoms with van der Waals surface area (Å²) >= 11 is 6.63. The highest BCUT2D eigenvalue weighted by atomic mass is 35.5.